The van der Waals surface area contributed by atoms with Crippen molar-refractivity contribution in [2.24, 2.45) is 0 Å². The highest BCUT2D eigenvalue weighted by Gasteiger charge is 2.05. The van der Waals surface area contributed by atoms with E-state index in [1.54, 1.807) is 12.1 Å². The lowest BCUT2D eigenvalue weighted by Crippen LogP contribution is -2.02. The van der Waals surface area contributed by atoms with Gasteiger partial charge in [0.15, 0.2) is 0 Å². The lowest BCUT2D eigenvalue weighted by atomic mass is 10.1. The van der Waals surface area contributed by atoms with Crippen LogP contribution >= 0.6 is 0 Å². The first kappa shape index (κ1) is 13.3. The first-order chi connectivity index (χ1) is 10.3. The molecular formula is C17H13FN2O. The van der Waals surface area contributed by atoms with Crippen LogP contribution in [0.2, 0.25) is 0 Å². The summed E-state index contributed by atoms with van der Waals surface area (Å²) in [6.07, 6.45) is 1.81. The maximum absolute atomic E-state index is 13.6. The van der Waals surface area contributed by atoms with Crippen LogP contribution in [-0.4, -0.2) is 21.5 Å². The summed E-state index contributed by atoms with van der Waals surface area (Å²) in [5.41, 5.74) is 2.23. The Morgan fingerprint density at radius 3 is 2.90 bits per heavy atom. The molecule has 4 heteroatoms. The second-order valence-corrected chi connectivity index (χ2v) is 4.64. The van der Waals surface area contributed by atoms with Crippen molar-refractivity contribution in [3.8, 4) is 11.8 Å². The van der Waals surface area contributed by atoms with Crippen molar-refractivity contribution in [2.45, 2.75) is 6.54 Å². The molecule has 21 heavy (non-hydrogen) atoms. The van der Waals surface area contributed by atoms with Crippen molar-refractivity contribution in [3.05, 3.63) is 65.6 Å². The maximum Gasteiger partial charge on any atom is 0.138 e. The van der Waals surface area contributed by atoms with Crippen LogP contribution < -0.4 is 0 Å². The molecule has 0 radical (unpaired) electrons. The summed E-state index contributed by atoms with van der Waals surface area (Å²) >= 11 is 0. The molecule has 3 rings (SSSR count). The Labute approximate surface area is 121 Å². The van der Waals surface area contributed by atoms with Gasteiger partial charge >= 0.3 is 0 Å². The quantitative estimate of drug-likeness (QED) is 0.733. The molecule has 104 valence electrons. The molecule has 0 amide bonds. The normalized spacial score (nSPS) is 10.4. The van der Waals surface area contributed by atoms with Gasteiger partial charge < -0.3 is 5.11 Å². The van der Waals surface area contributed by atoms with Crippen LogP contribution in [0.15, 0.2) is 48.7 Å². The van der Waals surface area contributed by atoms with Crippen LogP contribution in [0.3, 0.4) is 0 Å². The molecule has 1 heterocycles. The molecule has 0 fully saturated rings. The predicted octanol–water partition coefficient (Wildman–Crippen LogP) is 2.57. The van der Waals surface area contributed by atoms with Gasteiger partial charge in [0.1, 0.15) is 12.4 Å². The Morgan fingerprint density at radius 2 is 2.05 bits per heavy atom. The topological polar surface area (TPSA) is 38.0 Å². The average Bonchev–Trinajstić information content (AvgIpc) is 2.91. The monoisotopic (exact) mass is 280 g/mol. The number of benzene rings is 2. The van der Waals surface area contributed by atoms with Crippen molar-refractivity contribution < 1.29 is 9.50 Å². The van der Waals surface area contributed by atoms with E-state index in [9.17, 15) is 4.39 Å². The van der Waals surface area contributed by atoms with E-state index < -0.39 is 0 Å². The van der Waals surface area contributed by atoms with Crippen molar-refractivity contribution >= 4 is 10.9 Å². The average molecular weight is 280 g/mol. The number of hydrogen-bond donors (Lipinski definition) is 1. The zero-order chi connectivity index (χ0) is 14.7. The number of aromatic nitrogens is 2. The molecule has 0 saturated carbocycles. The summed E-state index contributed by atoms with van der Waals surface area (Å²) in [4.78, 5) is 0. The number of halogens is 1. The van der Waals surface area contributed by atoms with E-state index in [1.807, 2.05) is 35.1 Å². The van der Waals surface area contributed by atoms with Gasteiger partial charge in [0.25, 0.3) is 0 Å². The highest BCUT2D eigenvalue weighted by Crippen LogP contribution is 2.16. The molecular weight excluding hydrogens is 267 g/mol. The number of para-hydroxylation sites is 1. The Hall–Kier alpha value is -2.64. The predicted molar refractivity (Wildman–Crippen MR) is 79.2 cm³/mol. The number of fused-ring (bicyclic) bond motifs is 1. The van der Waals surface area contributed by atoms with Crippen LogP contribution in [0, 0.1) is 17.7 Å². The fraction of sp³-hybridized carbons (Fsp3) is 0.118. The summed E-state index contributed by atoms with van der Waals surface area (Å²) in [6.45, 7) is 0.259. The third-order valence-electron chi connectivity index (χ3n) is 3.22. The second kappa shape index (κ2) is 5.78. The summed E-state index contributed by atoms with van der Waals surface area (Å²) < 4.78 is 15.5. The van der Waals surface area contributed by atoms with Gasteiger partial charge in [-0.15, -0.1) is 0 Å². The summed E-state index contributed by atoms with van der Waals surface area (Å²) in [5, 5.41) is 14.1. The lowest BCUT2D eigenvalue weighted by Gasteiger charge is -2.05. The molecule has 0 aliphatic heterocycles. The van der Waals surface area contributed by atoms with Crippen LogP contribution in [0.25, 0.3) is 10.9 Å². The van der Waals surface area contributed by atoms with Gasteiger partial charge in [-0.1, -0.05) is 36.1 Å². The summed E-state index contributed by atoms with van der Waals surface area (Å²) in [5.74, 6) is 4.70. The van der Waals surface area contributed by atoms with E-state index in [0.29, 0.717) is 6.54 Å². The SMILES string of the molecule is OCC#Cc1cc(Cn2ncc3ccccc32)ccc1F. The van der Waals surface area contributed by atoms with E-state index in [-0.39, 0.29) is 18.0 Å². The second-order valence-electron chi connectivity index (χ2n) is 4.64. The standard InChI is InChI=1S/C17H13FN2O/c18-16-8-7-13(10-14(16)5-3-9-21)12-20-17-6-2-1-4-15(17)11-19-20/h1-2,4,6-8,10-11,21H,9,12H2. The van der Waals surface area contributed by atoms with Gasteiger partial charge in [-0.05, 0) is 23.8 Å². The summed E-state index contributed by atoms with van der Waals surface area (Å²) in [7, 11) is 0. The molecule has 2 aromatic carbocycles. The third kappa shape index (κ3) is 2.78. The van der Waals surface area contributed by atoms with Crippen molar-refractivity contribution in [1.82, 2.24) is 9.78 Å². The fourth-order valence-electron chi connectivity index (χ4n) is 2.23. The van der Waals surface area contributed by atoms with Crippen molar-refractivity contribution in [1.29, 1.82) is 0 Å². The zero-order valence-corrected chi connectivity index (χ0v) is 11.3. The molecule has 3 nitrogen and oxygen atoms in total. The van der Waals surface area contributed by atoms with Crippen LogP contribution in [0.4, 0.5) is 4.39 Å². The Bertz CT molecular complexity index is 843. The van der Waals surface area contributed by atoms with Gasteiger partial charge in [0, 0.05) is 5.39 Å². The Kier molecular flexibility index (Phi) is 3.67. The minimum atomic E-state index is -0.384. The number of aliphatic hydroxyl groups is 1. The first-order valence-electron chi connectivity index (χ1n) is 6.56. The van der Waals surface area contributed by atoms with Crippen LogP contribution in [-0.2, 0) is 6.54 Å². The van der Waals surface area contributed by atoms with E-state index in [1.165, 1.54) is 6.07 Å². The van der Waals surface area contributed by atoms with Crippen LogP contribution in [0.5, 0.6) is 0 Å². The molecule has 3 aromatic rings. The molecule has 1 aromatic heterocycles. The lowest BCUT2D eigenvalue weighted by molar-refractivity contribution is 0.350. The molecule has 0 aliphatic rings. The highest BCUT2D eigenvalue weighted by molar-refractivity contribution is 5.78. The Morgan fingerprint density at radius 1 is 1.19 bits per heavy atom. The molecule has 0 saturated heterocycles. The maximum atomic E-state index is 13.6. The van der Waals surface area contributed by atoms with Crippen molar-refractivity contribution in [2.75, 3.05) is 6.61 Å². The molecule has 0 unspecified atom stereocenters. The molecule has 0 bridgehead atoms. The number of nitrogens with zero attached hydrogens (tertiary/aromatic N) is 2. The van der Waals surface area contributed by atoms with E-state index in [0.717, 1.165) is 16.5 Å². The van der Waals surface area contributed by atoms with E-state index in [2.05, 4.69) is 16.9 Å². The zero-order valence-electron chi connectivity index (χ0n) is 11.3. The molecule has 0 aliphatic carbocycles. The first-order valence-corrected chi connectivity index (χ1v) is 6.56. The number of rotatable bonds is 2. The largest absolute Gasteiger partial charge is 0.384 e. The minimum absolute atomic E-state index is 0.284. The summed E-state index contributed by atoms with van der Waals surface area (Å²) in [6, 6.07) is 12.7. The van der Waals surface area contributed by atoms with Crippen molar-refractivity contribution in [3.63, 3.8) is 0 Å². The minimum Gasteiger partial charge on any atom is -0.384 e. The van der Waals surface area contributed by atoms with Gasteiger partial charge in [-0.2, -0.15) is 5.10 Å². The van der Waals surface area contributed by atoms with Gasteiger partial charge in [0.05, 0.1) is 23.8 Å². The van der Waals surface area contributed by atoms with Gasteiger partial charge in [-0.25, -0.2) is 4.39 Å². The molecule has 1 N–H and O–H groups in total. The van der Waals surface area contributed by atoms with Gasteiger partial charge in [-0.3, -0.25) is 4.68 Å². The van der Waals surface area contributed by atoms with Gasteiger partial charge in [0.2, 0.25) is 0 Å². The molecule has 0 atom stereocenters. The highest BCUT2D eigenvalue weighted by atomic mass is 19.1. The Balaban J connectivity index is 1.94. The smallest absolute Gasteiger partial charge is 0.138 e. The van der Waals surface area contributed by atoms with E-state index in [4.69, 9.17) is 5.11 Å². The third-order valence-corrected chi connectivity index (χ3v) is 3.22. The van der Waals surface area contributed by atoms with E-state index >= 15 is 0 Å². The molecule has 0 spiro atoms. The number of hydrogen-bond acceptors (Lipinski definition) is 2. The number of aliphatic hydroxyl groups excluding tert-OH is 1. The van der Waals surface area contributed by atoms with Crippen LogP contribution in [0.1, 0.15) is 11.1 Å². The fourth-order valence-corrected chi connectivity index (χ4v) is 2.23.